The molecule has 2 heteroatoms. The first kappa shape index (κ1) is 7.69. The summed E-state index contributed by atoms with van der Waals surface area (Å²) >= 11 is 5.86. The molecule has 0 atom stereocenters. The van der Waals surface area contributed by atoms with Gasteiger partial charge in [0, 0.05) is 10.9 Å². The maximum absolute atomic E-state index is 5.86. The van der Waals surface area contributed by atoms with E-state index in [1.165, 1.54) is 16.5 Å². The molecule has 0 fully saturated rings. The molecular weight excluding hydrogens is 170 g/mol. The monoisotopic (exact) mass is 179 g/mol. The molecule has 62 valence electrons. The van der Waals surface area contributed by atoms with Crippen LogP contribution in [0.2, 0.25) is 5.15 Å². The van der Waals surface area contributed by atoms with Gasteiger partial charge in [0.1, 0.15) is 5.15 Å². The highest BCUT2D eigenvalue weighted by molar-refractivity contribution is 6.30. The number of hydrogen-bond acceptors (Lipinski definition) is 0. The van der Waals surface area contributed by atoms with Crippen LogP contribution in [-0.2, 0) is 6.42 Å². The zero-order valence-corrected chi connectivity index (χ0v) is 7.65. The van der Waals surface area contributed by atoms with E-state index >= 15 is 0 Å². The summed E-state index contributed by atoms with van der Waals surface area (Å²) < 4.78 is 0. The van der Waals surface area contributed by atoms with Gasteiger partial charge < -0.3 is 4.98 Å². The van der Waals surface area contributed by atoms with E-state index in [-0.39, 0.29) is 0 Å². The van der Waals surface area contributed by atoms with Gasteiger partial charge >= 0.3 is 0 Å². The largest absolute Gasteiger partial charge is 0.345 e. The average molecular weight is 180 g/mol. The van der Waals surface area contributed by atoms with Crippen molar-refractivity contribution in [2.24, 2.45) is 0 Å². The van der Waals surface area contributed by atoms with E-state index in [4.69, 9.17) is 11.6 Å². The second-order valence-corrected chi connectivity index (χ2v) is 3.26. The SMILES string of the molecule is CCc1cccc2cc(Cl)[nH]c12. The van der Waals surface area contributed by atoms with Crippen LogP contribution in [0.1, 0.15) is 12.5 Å². The number of fused-ring (bicyclic) bond motifs is 1. The number of H-pyrrole nitrogens is 1. The van der Waals surface area contributed by atoms with Crippen molar-refractivity contribution < 1.29 is 0 Å². The van der Waals surface area contributed by atoms with Crippen molar-refractivity contribution in [1.82, 2.24) is 4.98 Å². The van der Waals surface area contributed by atoms with Gasteiger partial charge in [0.25, 0.3) is 0 Å². The quantitative estimate of drug-likeness (QED) is 0.691. The average Bonchev–Trinajstić information content (AvgIpc) is 2.44. The van der Waals surface area contributed by atoms with E-state index < -0.39 is 0 Å². The van der Waals surface area contributed by atoms with Crippen LogP contribution in [0.5, 0.6) is 0 Å². The van der Waals surface area contributed by atoms with Crippen LogP contribution >= 0.6 is 11.6 Å². The molecule has 12 heavy (non-hydrogen) atoms. The second kappa shape index (κ2) is 2.83. The first-order valence-corrected chi connectivity index (χ1v) is 4.45. The number of benzene rings is 1. The Labute approximate surface area is 76.4 Å². The molecule has 0 unspecified atom stereocenters. The van der Waals surface area contributed by atoms with Gasteiger partial charge in [-0.3, -0.25) is 0 Å². The zero-order valence-electron chi connectivity index (χ0n) is 6.89. The fraction of sp³-hybridized carbons (Fsp3) is 0.200. The maximum atomic E-state index is 5.86. The Morgan fingerprint density at radius 2 is 2.25 bits per heavy atom. The first-order valence-electron chi connectivity index (χ1n) is 4.07. The van der Waals surface area contributed by atoms with Gasteiger partial charge in [0.2, 0.25) is 0 Å². The Morgan fingerprint density at radius 3 is 3.00 bits per heavy atom. The fourth-order valence-electron chi connectivity index (χ4n) is 1.48. The minimum atomic E-state index is 0.714. The smallest absolute Gasteiger partial charge is 0.107 e. The van der Waals surface area contributed by atoms with Crippen LogP contribution in [0.15, 0.2) is 24.3 Å². The van der Waals surface area contributed by atoms with Crippen molar-refractivity contribution in [3.63, 3.8) is 0 Å². The lowest BCUT2D eigenvalue weighted by atomic mass is 10.1. The summed E-state index contributed by atoms with van der Waals surface area (Å²) in [6.07, 6.45) is 1.04. The van der Waals surface area contributed by atoms with Crippen molar-refractivity contribution in [2.45, 2.75) is 13.3 Å². The zero-order chi connectivity index (χ0) is 8.55. The minimum absolute atomic E-state index is 0.714. The van der Waals surface area contributed by atoms with Gasteiger partial charge in [0.15, 0.2) is 0 Å². The summed E-state index contributed by atoms with van der Waals surface area (Å²) in [7, 11) is 0. The summed E-state index contributed by atoms with van der Waals surface area (Å²) in [5, 5.41) is 1.91. The van der Waals surface area contributed by atoms with Crippen molar-refractivity contribution >= 4 is 22.5 Å². The number of aromatic amines is 1. The number of para-hydroxylation sites is 1. The molecule has 1 nitrogen and oxygen atoms in total. The molecule has 1 aromatic heterocycles. The third-order valence-electron chi connectivity index (χ3n) is 2.09. The summed E-state index contributed by atoms with van der Waals surface area (Å²) in [5.41, 5.74) is 2.49. The molecule has 0 amide bonds. The van der Waals surface area contributed by atoms with E-state index in [0.29, 0.717) is 5.15 Å². The lowest BCUT2D eigenvalue weighted by Crippen LogP contribution is -1.80. The molecule has 2 aromatic rings. The molecule has 1 heterocycles. The van der Waals surface area contributed by atoms with E-state index in [9.17, 15) is 0 Å². The number of aryl methyl sites for hydroxylation is 1. The molecule has 0 aliphatic heterocycles. The third kappa shape index (κ3) is 1.10. The maximum Gasteiger partial charge on any atom is 0.107 e. The summed E-state index contributed by atoms with van der Waals surface area (Å²) in [4.78, 5) is 3.14. The molecule has 0 spiro atoms. The normalized spacial score (nSPS) is 10.8. The van der Waals surface area contributed by atoms with Crippen molar-refractivity contribution in [3.05, 3.63) is 35.0 Å². The van der Waals surface area contributed by atoms with Gasteiger partial charge in [-0.15, -0.1) is 0 Å². The third-order valence-corrected chi connectivity index (χ3v) is 2.29. The minimum Gasteiger partial charge on any atom is -0.345 e. The molecule has 0 saturated carbocycles. The topological polar surface area (TPSA) is 15.8 Å². The summed E-state index contributed by atoms with van der Waals surface area (Å²) in [6, 6.07) is 8.20. The van der Waals surface area contributed by atoms with Crippen LogP contribution in [0, 0.1) is 0 Å². The van der Waals surface area contributed by atoms with Gasteiger partial charge in [0.05, 0.1) is 0 Å². The second-order valence-electron chi connectivity index (χ2n) is 2.85. The molecule has 0 aliphatic carbocycles. The van der Waals surface area contributed by atoms with Gasteiger partial charge in [-0.2, -0.15) is 0 Å². The molecule has 2 rings (SSSR count). The van der Waals surface area contributed by atoms with Crippen LogP contribution in [0.4, 0.5) is 0 Å². The molecule has 0 bridgehead atoms. The number of halogens is 1. The Balaban J connectivity index is 2.78. The Kier molecular flexibility index (Phi) is 1.81. The fourth-order valence-corrected chi connectivity index (χ4v) is 1.69. The van der Waals surface area contributed by atoms with Crippen molar-refractivity contribution in [3.8, 4) is 0 Å². The highest BCUT2D eigenvalue weighted by atomic mass is 35.5. The molecule has 1 aromatic carbocycles. The lowest BCUT2D eigenvalue weighted by molar-refractivity contribution is 1.15. The Bertz CT molecular complexity index is 403. The standard InChI is InChI=1S/C10H10ClN/c1-2-7-4-3-5-8-6-9(11)12-10(7)8/h3-6,12H,2H2,1H3. The van der Waals surface area contributed by atoms with Crippen molar-refractivity contribution in [1.29, 1.82) is 0 Å². The molecule has 1 N–H and O–H groups in total. The van der Waals surface area contributed by atoms with Gasteiger partial charge in [-0.25, -0.2) is 0 Å². The summed E-state index contributed by atoms with van der Waals surface area (Å²) in [6.45, 7) is 2.14. The van der Waals surface area contributed by atoms with E-state index in [0.717, 1.165) is 6.42 Å². The Morgan fingerprint density at radius 1 is 1.42 bits per heavy atom. The van der Waals surface area contributed by atoms with E-state index in [1.807, 2.05) is 6.07 Å². The molecular formula is C10H10ClN. The van der Waals surface area contributed by atoms with E-state index in [2.05, 4.69) is 30.1 Å². The van der Waals surface area contributed by atoms with E-state index in [1.54, 1.807) is 0 Å². The van der Waals surface area contributed by atoms with Crippen molar-refractivity contribution in [2.75, 3.05) is 0 Å². The van der Waals surface area contributed by atoms with Crippen LogP contribution < -0.4 is 0 Å². The molecule has 0 saturated heterocycles. The number of nitrogens with one attached hydrogen (secondary N) is 1. The number of rotatable bonds is 1. The van der Waals surface area contributed by atoms with Crippen LogP contribution in [0.3, 0.4) is 0 Å². The number of hydrogen-bond donors (Lipinski definition) is 1. The molecule has 0 aliphatic rings. The Hall–Kier alpha value is -0.950. The van der Waals surface area contributed by atoms with Gasteiger partial charge in [-0.05, 0) is 18.1 Å². The highest BCUT2D eigenvalue weighted by Gasteiger charge is 2.01. The highest BCUT2D eigenvalue weighted by Crippen LogP contribution is 2.22. The number of aromatic nitrogens is 1. The lowest BCUT2D eigenvalue weighted by Gasteiger charge is -1.97. The molecule has 0 radical (unpaired) electrons. The van der Waals surface area contributed by atoms with Gasteiger partial charge in [-0.1, -0.05) is 36.7 Å². The van der Waals surface area contributed by atoms with Crippen LogP contribution in [-0.4, -0.2) is 4.98 Å². The van der Waals surface area contributed by atoms with Crippen LogP contribution in [0.25, 0.3) is 10.9 Å². The predicted octanol–water partition coefficient (Wildman–Crippen LogP) is 3.38. The first-order chi connectivity index (χ1) is 5.81. The summed E-state index contributed by atoms with van der Waals surface area (Å²) in [5.74, 6) is 0. The predicted molar refractivity (Wildman–Crippen MR) is 52.7 cm³/mol.